The van der Waals surface area contributed by atoms with Gasteiger partial charge in [0.15, 0.2) is 21.5 Å². The quantitative estimate of drug-likeness (QED) is 0.497. The number of hydrogen-bond donors (Lipinski definition) is 0. The summed E-state index contributed by atoms with van der Waals surface area (Å²) in [6, 6.07) is 4.76. The Bertz CT molecular complexity index is 1100. The van der Waals surface area contributed by atoms with Crippen LogP contribution in [0.15, 0.2) is 40.3 Å². The maximum absolute atomic E-state index is 14.2. The van der Waals surface area contributed by atoms with E-state index in [1.54, 1.807) is 12.3 Å². The smallest absolute Gasteiger partial charge is 0.351 e. The standard InChI is InChI=1S/C19H19F4N3O3S2/c1-30-16-4-3-13(31(2,28)29)10-14(16)18(27)26-7-5-25(6-8-26)17-15(20)9-12(11-24-17)19(21,22)23/h3-4,9-11H,5-8H2,1-2H3. The molecule has 12 heteroatoms. The van der Waals surface area contributed by atoms with Gasteiger partial charge in [0.25, 0.3) is 5.91 Å². The topological polar surface area (TPSA) is 70.6 Å². The number of pyridine rings is 1. The van der Waals surface area contributed by atoms with E-state index in [9.17, 15) is 30.8 Å². The molecule has 6 nitrogen and oxygen atoms in total. The third-order valence-corrected chi connectivity index (χ3v) is 6.75. The van der Waals surface area contributed by atoms with E-state index in [0.717, 1.165) is 6.26 Å². The summed E-state index contributed by atoms with van der Waals surface area (Å²) >= 11 is 1.31. The van der Waals surface area contributed by atoms with Gasteiger partial charge in [-0.2, -0.15) is 13.2 Å². The van der Waals surface area contributed by atoms with E-state index in [-0.39, 0.29) is 48.4 Å². The number of thioether (sulfide) groups is 1. The van der Waals surface area contributed by atoms with Crippen molar-refractivity contribution in [3.05, 3.63) is 47.4 Å². The fraction of sp³-hybridized carbons (Fsp3) is 0.368. The summed E-state index contributed by atoms with van der Waals surface area (Å²) in [4.78, 5) is 20.3. The van der Waals surface area contributed by atoms with Crippen molar-refractivity contribution < 1.29 is 30.8 Å². The summed E-state index contributed by atoms with van der Waals surface area (Å²) in [5.41, 5.74) is -0.916. The molecule has 0 unspecified atom stereocenters. The van der Waals surface area contributed by atoms with Crippen molar-refractivity contribution in [1.29, 1.82) is 0 Å². The fourth-order valence-electron chi connectivity index (χ4n) is 3.19. The zero-order valence-corrected chi connectivity index (χ0v) is 18.2. The van der Waals surface area contributed by atoms with E-state index < -0.39 is 27.4 Å². The van der Waals surface area contributed by atoms with Crippen molar-refractivity contribution in [2.45, 2.75) is 16.0 Å². The molecular formula is C19H19F4N3O3S2. The third-order valence-electron chi connectivity index (χ3n) is 4.85. The highest BCUT2D eigenvalue weighted by molar-refractivity contribution is 7.98. The summed E-state index contributed by atoms with van der Waals surface area (Å²) in [5, 5.41) is 0. The predicted octanol–water partition coefficient (Wildman–Crippen LogP) is 3.33. The molecule has 3 rings (SSSR count). The number of amides is 1. The molecule has 1 saturated heterocycles. The number of aromatic nitrogens is 1. The molecule has 2 aromatic rings. The molecule has 1 aliphatic rings. The minimum atomic E-state index is -4.69. The van der Waals surface area contributed by atoms with Crippen LogP contribution in [0.5, 0.6) is 0 Å². The highest BCUT2D eigenvalue weighted by atomic mass is 32.2. The minimum absolute atomic E-state index is 0.0308. The lowest BCUT2D eigenvalue weighted by atomic mass is 10.1. The van der Waals surface area contributed by atoms with Crippen LogP contribution in [-0.4, -0.2) is 62.9 Å². The van der Waals surface area contributed by atoms with Crippen molar-refractivity contribution in [3.8, 4) is 0 Å². The Hall–Kier alpha value is -2.34. The largest absolute Gasteiger partial charge is 0.417 e. The van der Waals surface area contributed by atoms with E-state index in [0.29, 0.717) is 17.2 Å². The number of nitrogens with zero attached hydrogens (tertiary/aromatic N) is 3. The first-order chi connectivity index (χ1) is 14.4. The number of alkyl halides is 3. The Kier molecular flexibility index (Phi) is 6.51. The Labute approximate surface area is 181 Å². The van der Waals surface area contributed by atoms with Crippen LogP contribution >= 0.6 is 11.8 Å². The number of anilines is 1. The molecular weight excluding hydrogens is 458 g/mol. The lowest BCUT2D eigenvalue weighted by Gasteiger charge is -2.35. The van der Waals surface area contributed by atoms with Gasteiger partial charge in [-0.15, -0.1) is 11.8 Å². The second kappa shape index (κ2) is 8.65. The number of rotatable bonds is 4. The molecule has 0 bridgehead atoms. The molecule has 0 spiro atoms. The highest BCUT2D eigenvalue weighted by Gasteiger charge is 2.33. The van der Waals surface area contributed by atoms with Crippen molar-refractivity contribution in [2.24, 2.45) is 0 Å². The SMILES string of the molecule is CSc1ccc(S(C)(=O)=O)cc1C(=O)N1CCN(c2ncc(C(F)(F)F)cc2F)CC1. The van der Waals surface area contributed by atoms with Crippen LogP contribution in [0.2, 0.25) is 0 Å². The van der Waals surface area contributed by atoms with Gasteiger partial charge in [-0.25, -0.2) is 17.8 Å². The first-order valence-corrected chi connectivity index (χ1v) is 12.2. The maximum atomic E-state index is 14.2. The summed E-state index contributed by atoms with van der Waals surface area (Å²) in [5.74, 6) is -1.65. The molecule has 1 aromatic carbocycles. The monoisotopic (exact) mass is 477 g/mol. The number of carbonyl (C=O) groups excluding carboxylic acids is 1. The Morgan fingerprint density at radius 3 is 2.29 bits per heavy atom. The molecule has 0 atom stereocenters. The van der Waals surface area contributed by atoms with Gasteiger partial charge < -0.3 is 9.80 Å². The number of carbonyl (C=O) groups is 1. The summed E-state index contributed by atoms with van der Waals surface area (Å²) in [6.07, 6.45) is -1.28. The molecule has 2 heterocycles. The Morgan fingerprint density at radius 2 is 1.77 bits per heavy atom. The molecule has 168 valence electrons. The predicted molar refractivity (Wildman–Crippen MR) is 109 cm³/mol. The van der Waals surface area contributed by atoms with Gasteiger partial charge in [0.2, 0.25) is 0 Å². The maximum Gasteiger partial charge on any atom is 0.417 e. The second-order valence-electron chi connectivity index (χ2n) is 6.94. The van der Waals surface area contributed by atoms with Crippen LogP contribution in [0.4, 0.5) is 23.4 Å². The summed E-state index contributed by atoms with van der Waals surface area (Å²) < 4.78 is 76.0. The zero-order chi connectivity index (χ0) is 23.0. The van der Waals surface area contributed by atoms with Crippen LogP contribution in [0.1, 0.15) is 15.9 Å². The summed E-state index contributed by atoms with van der Waals surface area (Å²) in [7, 11) is -3.50. The molecule has 1 aromatic heterocycles. The first-order valence-electron chi connectivity index (χ1n) is 9.07. The van der Waals surface area contributed by atoms with Gasteiger partial charge in [-0.05, 0) is 30.5 Å². The van der Waals surface area contributed by atoms with Crippen molar-refractivity contribution in [2.75, 3.05) is 43.6 Å². The van der Waals surface area contributed by atoms with Crippen LogP contribution in [0, 0.1) is 5.82 Å². The average molecular weight is 478 g/mol. The number of hydrogen-bond acceptors (Lipinski definition) is 6. The molecule has 0 radical (unpaired) electrons. The molecule has 0 N–H and O–H groups in total. The van der Waals surface area contributed by atoms with Crippen LogP contribution < -0.4 is 4.90 Å². The van der Waals surface area contributed by atoms with Crippen molar-refractivity contribution in [1.82, 2.24) is 9.88 Å². The van der Waals surface area contributed by atoms with E-state index in [1.165, 1.54) is 33.7 Å². The van der Waals surface area contributed by atoms with Crippen molar-refractivity contribution in [3.63, 3.8) is 0 Å². The number of piperazine rings is 1. The van der Waals surface area contributed by atoms with Crippen molar-refractivity contribution >= 4 is 33.3 Å². The van der Waals surface area contributed by atoms with Gasteiger partial charge in [0.1, 0.15) is 0 Å². The number of benzene rings is 1. The highest BCUT2D eigenvalue weighted by Crippen LogP contribution is 2.31. The van der Waals surface area contributed by atoms with Gasteiger partial charge in [0.05, 0.1) is 16.0 Å². The fourth-order valence-corrected chi connectivity index (χ4v) is 4.41. The number of halogens is 4. The second-order valence-corrected chi connectivity index (χ2v) is 9.80. The average Bonchev–Trinajstić information content (AvgIpc) is 2.71. The van der Waals surface area contributed by atoms with Gasteiger partial charge in [-0.3, -0.25) is 4.79 Å². The molecule has 1 fully saturated rings. The van der Waals surface area contributed by atoms with Gasteiger partial charge in [-0.1, -0.05) is 0 Å². The minimum Gasteiger partial charge on any atom is -0.351 e. The number of sulfone groups is 1. The van der Waals surface area contributed by atoms with Gasteiger partial charge in [0, 0.05) is 43.5 Å². The van der Waals surface area contributed by atoms with Gasteiger partial charge >= 0.3 is 6.18 Å². The summed E-state index contributed by atoms with van der Waals surface area (Å²) in [6.45, 7) is 0.693. The molecule has 0 aliphatic carbocycles. The van der Waals surface area contributed by atoms with E-state index >= 15 is 0 Å². The molecule has 1 aliphatic heterocycles. The lowest BCUT2D eigenvalue weighted by Crippen LogP contribution is -2.49. The van der Waals surface area contributed by atoms with Crippen LogP contribution in [-0.2, 0) is 16.0 Å². The van der Waals surface area contributed by atoms with E-state index in [4.69, 9.17) is 0 Å². The van der Waals surface area contributed by atoms with E-state index in [1.807, 2.05) is 0 Å². The lowest BCUT2D eigenvalue weighted by molar-refractivity contribution is -0.138. The zero-order valence-electron chi connectivity index (χ0n) is 16.6. The first kappa shape index (κ1) is 23.3. The molecule has 1 amide bonds. The molecule has 31 heavy (non-hydrogen) atoms. The Morgan fingerprint density at radius 1 is 1.13 bits per heavy atom. The molecule has 0 saturated carbocycles. The van der Waals surface area contributed by atoms with Crippen LogP contribution in [0.3, 0.4) is 0 Å². The van der Waals surface area contributed by atoms with E-state index in [2.05, 4.69) is 4.98 Å². The normalized spacial score (nSPS) is 15.3. The Balaban J connectivity index is 1.76. The third kappa shape index (κ3) is 5.12. The van der Waals surface area contributed by atoms with Crippen LogP contribution in [0.25, 0.3) is 0 Å².